The van der Waals surface area contributed by atoms with E-state index in [1.165, 1.54) is 96.0 Å². The number of unbranched alkanes of at least 4 members (excludes halogenated alkanes) is 23. The van der Waals surface area contributed by atoms with Gasteiger partial charge in [-0.25, -0.2) is 4.79 Å². The molecule has 0 aromatic rings. The fourth-order valence-electron chi connectivity index (χ4n) is 13.5. The number of aliphatic hydroxyl groups is 17. The Labute approximate surface area is 597 Å². The van der Waals surface area contributed by atoms with Gasteiger partial charge in [-0.1, -0.05) is 167 Å². The molecule has 5 saturated heterocycles. The Hall–Kier alpha value is -2.93. The zero-order valence-electron chi connectivity index (χ0n) is 59.4. The van der Waals surface area contributed by atoms with E-state index in [0.717, 1.165) is 64.7 Å². The molecule has 5 aliphatic heterocycles. The van der Waals surface area contributed by atoms with Crippen LogP contribution in [0.2, 0.25) is 0 Å². The highest BCUT2D eigenvalue weighted by atomic mass is 16.8. The minimum atomic E-state index is -3.38. The van der Waals surface area contributed by atoms with E-state index >= 15 is 0 Å². The molecule has 596 valence electrons. The zero-order chi connectivity index (χ0) is 75.1. The van der Waals surface area contributed by atoms with Crippen molar-refractivity contribution in [2.75, 3.05) is 39.6 Å². The highest BCUT2D eigenvalue weighted by molar-refractivity contribution is 5.76. The van der Waals surface area contributed by atoms with Crippen molar-refractivity contribution in [1.82, 2.24) is 10.6 Å². The van der Waals surface area contributed by atoms with Crippen molar-refractivity contribution in [1.29, 1.82) is 0 Å². The van der Waals surface area contributed by atoms with Crippen molar-refractivity contribution >= 4 is 17.8 Å². The van der Waals surface area contributed by atoms with Crippen LogP contribution in [-0.2, 0) is 61.8 Å². The summed E-state index contributed by atoms with van der Waals surface area (Å²) in [6, 6.07) is -3.02. The van der Waals surface area contributed by atoms with Crippen molar-refractivity contribution < 1.29 is 154 Å². The van der Waals surface area contributed by atoms with Crippen LogP contribution < -0.4 is 10.6 Å². The molecule has 33 nitrogen and oxygen atoms in total. The third-order valence-corrected chi connectivity index (χ3v) is 19.7. The second-order valence-electron chi connectivity index (χ2n) is 27.8. The van der Waals surface area contributed by atoms with Gasteiger partial charge in [-0.05, 0) is 19.3 Å². The first-order valence-corrected chi connectivity index (χ1v) is 37.1. The number of carboxylic acids is 1. The van der Waals surface area contributed by atoms with E-state index < -0.39 is 229 Å². The van der Waals surface area contributed by atoms with Gasteiger partial charge < -0.3 is 150 Å². The van der Waals surface area contributed by atoms with Crippen LogP contribution >= 0.6 is 0 Å². The number of hydrogen-bond donors (Lipinski definition) is 20. The number of carbonyl (C=O) groups excluding carboxylic acids is 2. The zero-order valence-corrected chi connectivity index (χ0v) is 59.4. The number of allylic oxidation sites excluding steroid dienone is 1. The van der Waals surface area contributed by atoms with E-state index in [1.807, 2.05) is 6.08 Å². The Balaban J connectivity index is 1.38. The minimum absolute atomic E-state index is 0.138. The summed E-state index contributed by atoms with van der Waals surface area (Å²) in [6.07, 6.45) is -21.7. The Morgan fingerprint density at radius 1 is 0.510 bits per heavy atom. The molecule has 10 unspecified atom stereocenters. The van der Waals surface area contributed by atoms with Gasteiger partial charge in [0, 0.05) is 19.8 Å². The number of rotatable bonds is 49. The molecule has 0 saturated carbocycles. The monoisotopic (exact) mass is 1480 g/mol. The normalized spacial score (nSPS) is 35.8. The maximum Gasteiger partial charge on any atom is 0.364 e. The minimum Gasteiger partial charge on any atom is -0.477 e. The van der Waals surface area contributed by atoms with Gasteiger partial charge >= 0.3 is 5.97 Å². The molecule has 5 aliphatic rings. The Morgan fingerprint density at radius 2 is 0.971 bits per heavy atom. The maximum absolute atomic E-state index is 13.6. The number of nitrogens with one attached hydrogen (secondary N) is 2. The van der Waals surface area contributed by atoms with Crippen LogP contribution in [-0.4, -0.2) is 321 Å². The van der Waals surface area contributed by atoms with Gasteiger partial charge in [0.2, 0.25) is 11.8 Å². The maximum atomic E-state index is 13.6. The van der Waals surface area contributed by atoms with E-state index in [1.54, 1.807) is 0 Å². The molecular weight excluding hydrogens is 1350 g/mol. The van der Waals surface area contributed by atoms with Gasteiger partial charge in [0.1, 0.15) is 122 Å². The summed E-state index contributed by atoms with van der Waals surface area (Å²) >= 11 is 0. The first-order valence-electron chi connectivity index (χ1n) is 37.1. The quantitative estimate of drug-likeness (QED) is 0.0232. The number of carboxylic acid groups (broad SMARTS) is 1. The smallest absolute Gasteiger partial charge is 0.364 e. The van der Waals surface area contributed by atoms with Crippen molar-refractivity contribution in [3.05, 3.63) is 12.2 Å². The topological polar surface area (TPSA) is 532 Å². The van der Waals surface area contributed by atoms with Crippen LogP contribution in [0.15, 0.2) is 12.2 Å². The van der Waals surface area contributed by atoms with Crippen molar-refractivity contribution in [3.63, 3.8) is 0 Å². The molecule has 0 aromatic carbocycles. The Kier molecular flexibility index (Phi) is 41.4. The number of ether oxygens (including phenoxy) is 10. The number of carbonyl (C=O) groups is 3. The number of hydrogen-bond acceptors (Lipinski definition) is 30. The van der Waals surface area contributed by atoms with Crippen LogP contribution in [0, 0.1) is 0 Å². The lowest BCUT2D eigenvalue weighted by molar-refractivity contribution is -0.406. The molecule has 5 heterocycles. The summed E-state index contributed by atoms with van der Waals surface area (Å²) in [4.78, 5) is 40.1. The molecule has 0 bridgehead atoms. The number of amides is 2. The standard InChI is InChI=1S/C69H124N2O31/c1-4-6-8-10-12-14-16-18-20-22-24-26-28-30-41(78)40(71-48(81)31-29-27-25-23-21-19-17-15-13-11-9-7-5-2)38-93-65-57(89)55(87)59(46(36-75)96-65)98-67-58(90)63(102-69(68(91)92)32-42(79)50(82)62(101-69)51(83)43(80)33-72)60(47(37-76)97-67)99-64-49(70-39(3)77)61(53(85)45(35-74)94-64)100-66-56(88)54(86)52(84)44(34-73)95-66/h28,30,40-47,49-67,72-76,78-80,82-90H,4-27,29,31-38H2,1-3H3,(H,70,77)(H,71,81)(H,91,92)/b30-28+/t40-,41+,42?,43+,44?,45?,46?,47?,49?,50+,51+,52-,53-,54-,55+,56?,57?,58?,59+,60-,61+,62?,63+,64-,65+,66-,67-,69-/m0/s1. The number of aliphatic hydroxyl groups excluding tert-OH is 17. The van der Waals surface area contributed by atoms with E-state index in [0.29, 0.717) is 12.8 Å². The fraction of sp³-hybridized carbons (Fsp3) is 0.928. The van der Waals surface area contributed by atoms with Gasteiger partial charge in [-0.2, -0.15) is 0 Å². The Bertz CT molecular complexity index is 2340. The van der Waals surface area contributed by atoms with Gasteiger partial charge in [0.25, 0.3) is 5.79 Å². The largest absolute Gasteiger partial charge is 0.477 e. The van der Waals surface area contributed by atoms with Crippen LogP contribution in [0.1, 0.15) is 194 Å². The molecule has 0 aromatic heterocycles. The summed E-state index contributed by atoms with van der Waals surface area (Å²) in [7, 11) is 0. The lowest BCUT2D eigenvalue weighted by atomic mass is 9.90. The molecule has 5 fully saturated rings. The molecule has 0 radical (unpaired) electrons. The van der Waals surface area contributed by atoms with Crippen LogP contribution in [0.3, 0.4) is 0 Å². The summed E-state index contributed by atoms with van der Waals surface area (Å²) < 4.78 is 59.5. The average Bonchev–Trinajstić information content (AvgIpc) is 0.754. The van der Waals surface area contributed by atoms with E-state index in [-0.39, 0.29) is 12.3 Å². The molecule has 20 N–H and O–H groups in total. The number of aliphatic carboxylic acids is 1. The summed E-state index contributed by atoms with van der Waals surface area (Å²) in [6.45, 7) is -0.651. The molecule has 2 amide bonds. The van der Waals surface area contributed by atoms with Crippen molar-refractivity contribution in [2.45, 2.75) is 365 Å². The van der Waals surface area contributed by atoms with Crippen molar-refractivity contribution in [2.24, 2.45) is 0 Å². The molecular formula is C69H124N2O31. The molecule has 0 aliphatic carbocycles. The second-order valence-corrected chi connectivity index (χ2v) is 27.8. The predicted octanol–water partition coefficient (Wildman–Crippen LogP) is -1.97. The molecule has 0 spiro atoms. The Morgan fingerprint density at radius 3 is 1.50 bits per heavy atom. The highest BCUT2D eigenvalue weighted by Crippen LogP contribution is 2.41. The van der Waals surface area contributed by atoms with E-state index in [9.17, 15) is 106 Å². The molecule has 102 heavy (non-hydrogen) atoms. The predicted molar refractivity (Wildman–Crippen MR) is 358 cm³/mol. The molecule has 33 heteroatoms. The van der Waals surface area contributed by atoms with Crippen LogP contribution in [0.5, 0.6) is 0 Å². The summed E-state index contributed by atoms with van der Waals surface area (Å²) in [5.74, 6) is -6.84. The summed E-state index contributed by atoms with van der Waals surface area (Å²) in [5, 5.41) is 203. The first-order chi connectivity index (χ1) is 48.9. The van der Waals surface area contributed by atoms with Gasteiger partial charge in [-0.15, -0.1) is 0 Å². The van der Waals surface area contributed by atoms with E-state index in [4.69, 9.17) is 47.4 Å². The molecule has 5 rings (SSSR count). The van der Waals surface area contributed by atoms with Gasteiger partial charge in [0.15, 0.2) is 25.2 Å². The van der Waals surface area contributed by atoms with E-state index in [2.05, 4.69) is 24.5 Å². The third kappa shape index (κ3) is 26.7. The average molecular weight is 1480 g/mol. The summed E-state index contributed by atoms with van der Waals surface area (Å²) in [5.41, 5.74) is 0. The van der Waals surface area contributed by atoms with Crippen LogP contribution in [0.4, 0.5) is 0 Å². The van der Waals surface area contributed by atoms with Gasteiger partial charge in [0.05, 0.1) is 57.9 Å². The lowest BCUT2D eigenvalue weighted by Gasteiger charge is -2.52. The van der Waals surface area contributed by atoms with Crippen molar-refractivity contribution in [3.8, 4) is 0 Å². The fourth-order valence-corrected chi connectivity index (χ4v) is 13.5. The van der Waals surface area contributed by atoms with Crippen LogP contribution in [0.25, 0.3) is 0 Å². The SMILES string of the molecule is CCCCCCCCCCCCC/C=C/[C@@H](O)[C@H](CO[C@@H]1OC(CO)[C@@H](O[C@@H]2OC(CO)[C@H](O[C@@H]3OC(CO)[C@H](O)[C@H](O[C@@H]4OC(CO)[C@H](O)[C@H](O)C4O)C3NC(C)=O)[C@H](O[C@]3(C(=O)O)CC(O)[C@@H](O)C([C@H](O)[C@H](O)CO)O3)C2O)[C@H](O)C1O)NC(=O)CCCCCCCCCCCCCCC. The van der Waals surface area contributed by atoms with Gasteiger partial charge in [-0.3, -0.25) is 9.59 Å². The third-order valence-electron chi connectivity index (χ3n) is 19.7. The first kappa shape index (κ1) is 89.7. The molecule has 28 atom stereocenters. The highest BCUT2D eigenvalue weighted by Gasteiger charge is 2.62. The second kappa shape index (κ2) is 47.1. The lowest BCUT2D eigenvalue weighted by Crippen LogP contribution is -2.71.